The molecule has 2 rings (SSSR count). The average Bonchev–Trinajstić information content (AvgIpc) is 2.19. The summed E-state index contributed by atoms with van der Waals surface area (Å²) < 4.78 is 0. The van der Waals surface area contributed by atoms with Gasteiger partial charge in [-0.15, -0.1) is 11.8 Å². The highest BCUT2D eigenvalue weighted by molar-refractivity contribution is 8.00. The zero-order valence-electron chi connectivity index (χ0n) is 7.34. The maximum atomic E-state index is 11.4. The van der Waals surface area contributed by atoms with Gasteiger partial charge in [-0.1, -0.05) is 6.07 Å². The van der Waals surface area contributed by atoms with Gasteiger partial charge in [0, 0.05) is 6.20 Å². The van der Waals surface area contributed by atoms with E-state index in [4.69, 9.17) is 0 Å². The first kappa shape index (κ1) is 9.21. The Morgan fingerprint density at radius 1 is 1.21 bits per heavy atom. The number of nitrogens with zero attached hydrogens (tertiary/aromatic N) is 2. The Kier molecular flexibility index (Phi) is 2.49. The van der Waals surface area contributed by atoms with Crippen molar-refractivity contribution in [1.82, 2.24) is 4.98 Å². The number of hydrogen-bond donors (Lipinski definition) is 0. The maximum absolute atomic E-state index is 11.4. The molecule has 1 saturated heterocycles. The van der Waals surface area contributed by atoms with Gasteiger partial charge in [0.15, 0.2) is 0 Å². The van der Waals surface area contributed by atoms with Gasteiger partial charge in [0.05, 0.1) is 11.5 Å². The normalized spacial score (nSPS) is 17.3. The van der Waals surface area contributed by atoms with Crippen LogP contribution in [0.2, 0.25) is 0 Å². The molecule has 5 heteroatoms. The summed E-state index contributed by atoms with van der Waals surface area (Å²) in [6, 6.07) is 5.16. The highest BCUT2D eigenvalue weighted by atomic mass is 32.2. The predicted octanol–water partition coefficient (Wildman–Crippen LogP) is 0.688. The summed E-state index contributed by atoms with van der Waals surface area (Å²) in [5.41, 5.74) is 0. The second-order valence-corrected chi connectivity index (χ2v) is 3.79. The van der Waals surface area contributed by atoms with Crippen molar-refractivity contribution in [2.24, 2.45) is 0 Å². The van der Waals surface area contributed by atoms with Crippen LogP contribution in [0.1, 0.15) is 0 Å². The third-order valence-electron chi connectivity index (χ3n) is 1.83. The van der Waals surface area contributed by atoms with Crippen LogP contribution in [-0.2, 0) is 9.59 Å². The van der Waals surface area contributed by atoms with Crippen molar-refractivity contribution in [3.05, 3.63) is 24.4 Å². The van der Waals surface area contributed by atoms with E-state index in [0.717, 1.165) is 4.90 Å². The van der Waals surface area contributed by atoms with Crippen molar-refractivity contribution >= 4 is 29.4 Å². The van der Waals surface area contributed by atoms with Gasteiger partial charge >= 0.3 is 0 Å². The molecular weight excluding hydrogens is 200 g/mol. The molecule has 1 aromatic heterocycles. The lowest BCUT2D eigenvalue weighted by molar-refractivity contribution is -0.124. The summed E-state index contributed by atoms with van der Waals surface area (Å²) >= 11 is 1.34. The SMILES string of the molecule is O=C1CSCC(=O)N1c1ccccn1. The van der Waals surface area contributed by atoms with Crippen LogP contribution in [0, 0.1) is 0 Å². The number of pyridine rings is 1. The molecule has 2 amide bonds. The molecule has 1 fully saturated rings. The molecule has 0 unspecified atom stereocenters. The number of hydrogen-bond acceptors (Lipinski definition) is 4. The fourth-order valence-electron chi connectivity index (χ4n) is 1.24. The first-order valence-electron chi connectivity index (χ1n) is 4.13. The van der Waals surface area contributed by atoms with Crippen LogP contribution in [0.3, 0.4) is 0 Å². The minimum absolute atomic E-state index is 0.190. The lowest BCUT2D eigenvalue weighted by Crippen LogP contribution is -2.43. The highest BCUT2D eigenvalue weighted by Gasteiger charge is 2.28. The van der Waals surface area contributed by atoms with Gasteiger partial charge in [0.2, 0.25) is 11.8 Å². The Bertz CT molecular complexity index is 350. The summed E-state index contributed by atoms with van der Waals surface area (Å²) in [5.74, 6) is 0.739. The van der Waals surface area contributed by atoms with Crippen molar-refractivity contribution in [1.29, 1.82) is 0 Å². The van der Waals surface area contributed by atoms with Crippen LogP contribution in [0.15, 0.2) is 24.4 Å². The molecule has 1 aromatic rings. The van der Waals surface area contributed by atoms with Gasteiger partial charge in [0.25, 0.3) is 0 Å². The van der Waals surface area contributed by atoms with E-state index in [-0.39, 0.29) is 11.8 Å². The lowest BCUT2D eigenvalue weighted by Gasteiger charge is -2.23. The summed E-state index contributed by atoms with van der Waals surface area (Å²) in [5, 5.41) is 0. The number of aromatic nitrogens is 1. The third-order valence-corrected chi connectivity index (χ3v) is 2.73. The van der Waals surface area contributed by atoms with Crippen molar-refractivity contribution in [2.45, 2.75) is 0 Å². The number of carbonyl (C=O) groups excluding carboxylic acids is 2. The summed E-state index contributed by atoms with van der Waals surface area (Å²) in [6.45, 7) is 0. The predicted molar refractivity (Wildman–Crippen MR) is 54.1 cm³/mol. The van der Waals surface area contributed by atoms with E-state index in [1.54, 1.807) is 24.4 Å². The Hall–Kier alpha value is -1.36. The molecule has 14 heavy (non-hydrogen) atoms. The molecule has 1 aliphatic heterocycles. The number of thioether (sulfide) groups is 1. The van der Waals surface area contributed by atoms with Crippen LogP contribution in [-0.4, -0.2) is 28.3 Å². The summed E-state index contributed by atoms with van der Waals surface area (Å²) in [4.78, 5) is 28.0. The van der Waals surface area contributed by atoms with Gasteiger partial charge in [-0.3, -0.25) is 9.59 Å². The van der Waals surface area contributed by atoms with Gasteiger partial charge in [-0.25, -0.2) is 9.88 Å². The van der Waals surface area contributed by atoms with Crippen LogP contribution >= 0.6 is 11.8 Å². The standard InChI is InChI=1S/C9H8N2O2S/c12-8-5-14-6-9(13)11(8)7-3-1-2-4-10-7/h1-4H,5-6H2. The smallest absolute Gasteiger partial charge is 0.245 e. The van der Waals surface area contributed by atoms with Crippen LogP contribution < -0.4 is 4.90 Å². The van der Waals surface area contributed by atoms with Gasteiger partial charge < -0.3 is 0 Å². The molecule has 0 radical (unpaired) electrons. The number of carbonyl (C=O) groups is 2. The molecule has 1 aliphatic rings. The van der Waals surface area contributed by atoms with Crippen molar-refractivity contribution in [3.63, 3.8) is 0 Å². The molecule has 72 valence electrons. The van der Waals surface area contributed by atoms with E-state index < -0.39 is 0 Å². The molecule has 0 aromatic carbocycles. The first-order valence-corrected chi connectivity index (χ1v) is 5.29. The zero-order valence-corrected chi connectivity index (χ0v) is 8.16. The van der Waals surface area contributed by atoms with Crippen LogP contribution in [0.4, 0.5) is 5.82 Å². The Morgan fingerprint density at radius 3 is 2.50 bits per heavy atom. The number of rotatable bonds is 1. The number of amides is 2. The molecule has 0 saturated carbocycles. The Labute approximate surface area is 85.3 Å². The van der Waals surface area contributed by atoms with Crippen molar-refractivity contribution in [3.8, 4) is 0 Å². The van der Waals surface area contributed by atoms with E-state index in [9.17, 15) is 9.59 Å². The lowest BCUT2D eigenvalue weighted by atomic mass is 10.4. The minimum atomic E-state index is -0.190. The average molecular weight is 208 g/mol. The topological polar surface area (TPSA) is 50.3 Å². The fourth-order valence-corrected chi connectivity index (χ4v) is 1.94. The van der Waals surface area contributed by atoms with Gasteiger partial charge in [-0.05, 0) is 12.1 Å². The molecular formula is C9H8N2O2S. The number of imide groups is 1. The molecule has 0 bridgehead atoms. The van der Waals surface area contributed by atoms with E-state index in [2.05, 4.69) is 4.98 Å². The molecule has 4 nitrogen and oxygen atoms in total. The van der Waals surface area contributed by atoms with E-state index in [1.165, 1.54) is 11.8 Å². The fraction of sp³-hybridized carbons (Fsp3) is 0.222. The van der Waals surface area contributed by atoms with E-state index in [0.29, 0.717) is 17.3 Å². The van der Waals surface area contributed by atoms with Crippen LogP contribution in [0.5, 0.6) is 0 Å². The molecule has 0 atom stereocenters. The second kappa shape index (κ2) is 3.79. The van der Waals surface area contributed by atoms with Gasteiger partial charge in [0.1, 0.15) is 5.82 Å². The maximum Gasteiger partial charge on any atom is 0.245 e. The summed E-state index contributed by atoms with van der Waals surface area (Å²) in [7, 11) is 0. The van der Waals surface area contributed by atoms with E-state index in [1.807, 2.05) is 0 Å². The molecule has 0 N–H and O–H groups in total. The minimum Gasteiger partial charge on any atom is -0.273 e. The highest BCUT2D eigenvalue weighted by Crippen LogP contribution is 2.18. The first-order chi connectivity index (χ1) is 6.79. The van der Waals surface area contributed by atoms with Crippen LogP contribution in [0.25, 0.3) is 0 Å². The monoisotopic (exact) mass is 208 g/mol. The summed E-state index contributed by atoms with van der Waals surface area (Å²) in [6.07, 6.45) is 1.57. The zero-order chi connectivity index (χ0) is 9.97. The van der Waals surface area contributed by atoms with Gasteiger partial charge in [-0.2, -0.15) is 0 Å². The largest absolute Gasteiger partial charge is 0.273 e. The number of anilines is 1. The Morgan fingerprint density at radius 2 is 1.93 bits per heavy atom. The van der Waals surface area contributed by atoms with Crippen molar-refractivity contribution in [2.75, 3.05) is 16.4 Å². The van der Waals surface area contributed by atoms with E-state index >= 15 is 0 Å². The van der Waals surface area contributed by atoms with Crippen molar-refractivity contribution < 1.29 is 9.59 Å². The molecule has 0 aliphatic carbocycles. The molecule has 2 heterocycles. The Balaban J connectivity index is 2.32. The second-order valence-electron chi connectivity index (χ2n) is 2.80. The third kappa shape index (κ3) is 1.63. The molecule has 0 spiro atoms. The quantitative estimate of drug-likeness (QED) is 0.637.